The van der Waals surface area contributed by atoms with Crippen molar-refractivity contribution in [1.29, 1.82) is 0 Å². The molecule has 0 radical (unpaired) electrons. The second kappa shape index (κ2) is 5.86. The molecule has 0 bridgehead atoms. The average Bonchev–Trinajstić information content (AvgIpc) is 3.07. The summed E-state index contributed by atoms with van der Waals surface area (Å²) in [5.41, 5.74) is 1.62. The number of nitrogens with zero attached hydrogens (tertiary/aromatic N) is 4. The van der Waals surface area contributed by atoms with Crippen LogP contribution in [-0.4, -0.2) is 33.0 Å². The molecule has 2 aromatic rings. The van der Waals surface area contributed by atoms with Gasteiger partial charge >= 0.3 is 0 Å². The number of azo groups is 1. The molecule has 0 saturated heterocycles. The standard InChI is InChI=1S/C14H13N5O3S/c1-22-12-6-5-9(7-16-12)10-3-2-4-11(23(15,20)21)13(10)14-17-8-18-19-14/h2-7H,8H2,1H3,(H2,15,20,21). The van der Waals surface area contributed by atoms with Crippen molar-refractivity contribution in [2.75, 3.05) is 13.8 Å². The number of primary sulfonamides is 1. The van der Waals surface area contributed by atoms with Gasteiger partial charge in [-0.15, -0.1) is 5.11 Å². The lowest BCUT2D eigenvalue weighted by molar-refractivity contribution is 0.398. The fourth-order valence-electron chi connectivity index (χ4n) is 2.26. The summed E-state index contributed by atoms with van der Waals surface area (Å²) in [5.74, 6) is 0.691. The average molecular weight is 331 g/mol. The van der Waals surface area contributed by atoms with Crippen molar-refractivity contribution in [3.63, 3.8) is 0 Å². The van der Waals surface area contributed by atoms with E-state index in [1.807, 2.05) is 0 Å². The minimum atomic E-state index is -3.94. The van der Waals surface area contributed by atoms with E-state index in [9.17, 15) is 8.42 Å². The van der Waals surface area contributed by atoms with Crippen LogP contribution in [0.25, 0.3) is 11.1 Å². The van der Waals surface area contributed by atoms with E-state index in [2.05, 4.69) is 20.2 Å². The van der Waals surface area contributed by atoms with Crippen LogP contribution in [0, 0.1) is 0 Å². The second-order valence-corrected chi connectivity index (χ2v) is 6.21. The monoisotopic (exact) mass is 331 g/mol. The minimum Gasteiger partial charge on any atom is -0.481 e. The molecule has 9 heteroatoms. The first kappa shape index (κ1) is 15.3. The lowest BCUT2D eigenvalue weighted by atomic mass is 10.0. The van der Waals surface area contributed by atoms with E-state index < -0.39 is 10.0 Å². The van der Waals surface area contributed by atoms with Gasteiger partial charge < -0.3 is 4.74 Å². The van der Waals surface area contributed by atoms with Crippen LogP contribution in [0.4, 0.5) is 0 Å². The Kier molecular flexibility index (Phi) is 3.89. The molecule has 23 heavy (non-hydrogen) atoms. The SMILES string of the molecule is COc1ccc(-c2cccc(S(N)(=O)=O)c2C2=NCN=N2)cn1. The summed E-state index contributed by atoms with van der Waals surface area (Å²) in [7, 11) is -2.43. The molecular weight excluding hydrogens is 318 g/mol. The van der Waals surface area contributed by atoms with E-state index in [1.165, 1.54) is 13.2 Å². The number of amidine groups is 1. The van der Waals surface area contributed by atoms with Gasteiger partial charge in [-0.05, 0) is 17.7 Å². The highest BCUT2D eigenvalue weighted by Crippen LogP contribution is 2.30. The molecule has 3 rings (SSSR count). The summed E-state index contributed by atoms with van der Waals surface area (Å²) in [6.45, 7) is 0.161. The van der Waals surface area contributed by atoms with E-state index >= 15 is 0 Å². The van der Waals surface area contributed by atoms with Crippen LogP contribution in [0.1, 0.15) is 5.56 Å². The number of sulfonamides is 1. The van der Waals surface area contributed by atoms with E-state index in [0.29, 0.717) is 22.6 Å². The zero-order valence-corrected chi connectivity index (χ0v) is 13.0. The smallest absolute Gasteiger partial charge is 0.238 e. The first-order valence-electron chi connectivity index (χ1n) is 6.59. The third-order valence-corrected chi connectivity index (χ3v) is 4.22. The molecule has 1 aliphatic rings. The van der Waals surface area contributed by atoms with Gasteiger partial charge in [0.1, 0.15) is 0 Å². The van der Waals surface area contributed by atoms with Gasteiger partial charge in [0.2, 0.25) is 15.9 Å². The second-order valence-electron chi connectivity index (χ2n) is 4.68. The van der Waals surface area contributed by atoms with Gasteiger partial charge in [0.25, 0.3) is 0 Å². The molecule has 0 spiro atoms. The van der Waals surface area contributed by atoms with Crippen molar-refractivity contribution >= 4 is 15.9 Å². The highest BCUT2D eigenvalue weighted by Gasteiger charge is 2.23. The summed E-state index contributed by atoms with van der Waals surface area (Å²) in [6.07, 6.45) is 1.58. The van der Waals surface area contributed by atoms with Crippen molar-refractivity contribution in [3.8, 4) is 17.0 Å². The number of ether oxygens (including phenoxy) is 1. The Hall–Kier alpha value is -2.65. The summed E-state index contributed by atoms with van der Waals surface area (Å²) in [6, 6.07) is 8.23. The molecule has 118 valence electrons. The lowest BCUT2D eigenvalue weighted by Gasteiger charge is -2.12. The van der Waals surface area contributed by atoms with Crippen molar-refractivity contribution in [1.82, 2.24) is 4.98 Å². The van der Waals surface area contributed by atoms with Gasteiger partial charge in [-0.2, -0.15) is 5.11 Å². The lowest BCUT2D eigenvalue weighted by Crippen LogP contribution is -2.17. The summed E-state index contributed by atoms with van der Waals surface area (Å²) >= 11 is 0. The van der Waals surface area contributed by atoms with Crippen LogP contribution in [-0.2, 0) is 10.0 Å². The number of methoxy groups -OCH3 is 1. The van der Waals surface area contributed by atoms with E-state index in [-0.39, 0.29) is 17.4 Å². The van der Waals surface area contributed by atoms with Crippen LogP contribution in [0.3, 0.4) is 0 Å². The minimum absolute atomic E-state index is 0.0505. The van der Waals surface area contributed by atoms with Crippen LogP contribution >= 0.6 is 0 Å². The van der Waals surface area contributed by atoms with Crippen molar-refractivity contribution < 1.29 is 13.2 Å². The number of hydrogen-bond acceptors (Lipinski definition) is 7. The molecule has 1 aliphatic heterocycles. The van der Waals surface area contributed by atoms with E-state index in [1.54, 1.807) is 30.5 Å². The van der Waals surface area contributed by atoms with Gasteiger partial charge in [-0.3, -0.25) is 0 Å². The Labute approximate surface area is 132 Å². The number of hydrogen-bond donors (Lipinski definition) is 1. The van der Waals surface area contributed by atoms with Gasteiger partial charge in [-0.25, -0.2) is 23.5 Å². The van der Waals surface area contributed by atoms with Crippen LogP contribution in [0.2, 0.25) is 0 Å². The largest absolute Gasteiger partial charge is 0.481 e. The number of benzene rings is 1. The molecule has 0 atom stereocenters. The maximum absolute atomic E-state index is 11.9. The van der Waals surface area contributed by atoms with Gasteiger partial charge in [0, 0.05) is 23.4 Å². The summed E-state index contributed by atoms with van der Waals surface area (Å²) in [4.78, 5) is 8.20. The van der Waals surface area contributed by atoms with Gasteiger partial charge in [-0.1, -0.05) is 12.1 Å². The number of rotatable bonds is 4. The summed E-state index contributed by atoms with van der Waals surface area (Å²) in [5, 5.41) is 13.0. The molecule has 2 heterocycles. The fraction of sp³-hybridized carbons (Fsp3) is 0.143. The van der Waals surface area contributed by atoms with E-state index in [0.717, 1.165) is 0 Å². The number of pyridine rings is 1. The highest BCUT2D eigenvalue weighted by atomic mass is 32.2. The maximum Gasteiger partial charge on any atom is 0.238 e. The van der Waals surface area contributed by atoms with Crippen molar-refractivity contribution in [2.24, 2.45) is 20.4 Å². The van der Waals surface area contributed by atoms with Crippen LogP contribution in [0.15, 0.2) is 56.6 Å². The molecule has 2 N–H and O–H groups in total. The molecule has 8 nitrogen and oxygen atoms in total. The molecule has 1 aromatic heterocycles. The Bertz CT molecular complexity index is 905. The third kappa shape index (κ3) is 2.96. The first-order chi connectivity index (χ1) is 11.0. The molecule has 0 saturated carbocycles. The highest BCUT2D eigenvalue weighted by molar-refractivity contribution is 7.89. The van der Waals surface area contributed by atoms with Crippen LogP contribution < -0.4 is 9.88 Å². The maximum atomic E-state index is 11.9. The number of aromatic nitrogens is 1. The van der Waals surface area contributed by atoms with Gasteiger partial charge in [0.05, 0.1) is 12.0 Å². The third-order valence-electron chi connectivity index (χ3n) is 3.26. The Morgan fingerprint density at radius 1 is 1.22 bits per heavy atom. The predicted molar refractivity (Wildman–Crippen MR) is 83.9 cm³/mol. The normalized spacial score (nSPS) is 13.9. The van der Waals surface area contributed by atoms with Crippen LogP contribution in [0.5, 0.6) is 5.88 Å². The quantitative estimate of drug-likeness (QED) is 0.914. The molecule has 0 fully saturated rings. The number of aliphatic imine (C=N–C) groups is 1. The molecule has 1 aromatic carbocycles. The molecular formula is C14H13N5O3S. The van der Waals surface area contributed by atoms with Crippen molar-refractivity contribution in [3.05, 3.63) is 42.1 Å². The molecule has 0 amide bonds. The van der Waals surface area contributed by atoms with Crippen molar-refractivity contribution in [2.45, 2.75) is 4.90 Å². The number of nitrogens with two attached hydrogens (primary N) is 1. The summed E-state index contributed by atoms with van der Waals surface area (Å²) < 4.78 is 28.8. The Morgan fingerprint density at radius 3 is 2.61 bits per heavy atom. The predicted octanol–water partition coefficient (Wildman–Crippen LogP) is 1.57. The topological polar surface area (TPSA) is 119 Å². The van der Waals surface area contributed by atoms with E-state index in [4.69, 9.17) is 9.88 Å². The Balaban J connectivity index is 2.25. The fourth-order valence-corrected chi connectivity index (χ4v) is 3.01. The first-order valence-corrected chi connectivity index (χ1v) is 8.14. The zero-order chi connectivity index (χ0) is 16.4. The molecule has 0 unspecified atom stereocenters. The van der Waals surface area contributed by atoms with Gasteiger partial charge in [0.15, 0.2) is 12.5 Å². The molecule has 0 aliphatic carbocycles. The zero-order valence-electron chi connectivity index (χ0n) is 12.2. The Morgan fingerprint density at radius 2 is 2.04 bits per heavy atom.